The van der Waals surface area contributed by atoms with Crippen molar-refractivity contribution in [2.75, 3.05) is 40.3 Å². The number of alkyl halides is 3. The van der Waals surface area contributed by atoms with E-state index in [-0.39, 0.29) is 23.6 Å². The summed E-state index contributed by atoms with van der Waals surface area (Å²) in [5.41, 5.74) is 4.66. The molecule has 0 radical (unpaired) electrons. The first-order chi connectivity index (χ1) is 24.7. The summed E-state index contributed by atoms with van der Waals surface area (Å²) in [6.07, 6.45) is 0.511. The molecule has 7 nitrogen and oxygen atoms in total. The summed E-state index contributed by atoms with van der Waals surface area (Å²) in [4.78, 5) is 13.2. The van der Waals surface area contributed by atoms with Gasteiger partial charge >= 0.3 is 6.36 Å². The number of aryl methyl sites for hydroxylation is 3. The zero-order valence-corrected chi connectivity index (χ0v) is 30.3. The molecule has 0 bridgehead atoms. The molecule has 0 aliphatic carbocycles. The van der Waals surface area contributed by atoms with Crippen LogP contribution in [0.1, 0.15) is 77.1 Å². The molecule has 6 rings (SSSR count). The van der Waals surface area contributed by atoms with E-state index in [2.05, 4.69) is 31.6 Å². The van der Waals surface area contributed by atoms with Crippen molar-refractivity contribution in [3.8, 4) is 5.75 Å². The predicted octanol–water partition coefficient (Wildman–Crippen LogP) is 8.67. The number of hydrogen-bond acceptors (Lipinski definition) is 7. The van der Waals surface area contributed by atoms with E-state index in [1.807, 2.05) is 52.1 Å². The zero-order valence-electron chi connectivity index (χ0n) is 30.3. The maximum atomic E-state index is 14.6. The number of pyridine rings is 2. The van der Waals surface area contributed by atoms with Crippen molar-refractivity contribution < 1.29 is 36.2 Å². The Morgan fingerprint density at radius 3 is 1.56 bits per heavy atom. The van der Waals surface area contributed by atoms with Gasteiger partial charge in [0.1, 0.15) is 29.6 Å². The van der Waals surface area contributed by atoms with Gasteiger partial charge in [-0.05, 0) is 126 Å². The molecular weight excluding hydrogens is 679 g/mol. The van der Waals surface area contributed by atoms with Crippen LogP contribution in [0.3, 0.4) is 0 Å². The molecule has 0 spiro atoms. The van der Waals surface area contributed by atoms with Crippen LogP contribution in [0.25, 0.3) is 0 Å². The van der Waals surface area contributed by atoms with Gasteiger partial charge in [-0.3, -0.25) is 9.97 Å². The third-order valence-corrected chi connectivity index (χ3v) is 9.32. The maximum Gasteiger partial charge on any atom is 0.573 e. The Morgan fingerprint density at radius 1 is 0.615 bits per heavy atom. The van der Waals surface area contributed by atoms with E-state index in [1.165, 1.54) is 0 Å². The highest BCUT2D eigenvalue weighted by atomic mass is 19.4. The lowest BCUT2D eigenvalue weighted by atomic mass is 10.0. The van der Waals surface area contributed by atoms with Crippen LogP contribution < -0.4 is 4.74 Å². The van der Waals surface area contributed by atoms with Crippen LogP contribution >= 0.6 is 0 Å². The van der Waals surface area contributed by atoms with E-state index >= 15 is 0 Å². The fourth-order valence-corrected chi connectivity index (χ4v) is 6.40. The number of benzene rings is 2. The van der Waals surface area contributed by atoms with E-state index in [0.717, 1.165) is 92.4 Å². The first kappa shape index (κ1) is 39.2. The molecule has 2 fully saturated rings. The Balaban J connectivity index is 0.000000203. The summed E-state index contributed by atoms with van der Waals surface area (Å²) >= 11 is 0. The number of aromatic nitrogens is 2. The van der Waals surface area contributed by atoms with Crippen molar-refractivity contribution in [3.05, 3.63) is 124 Å². The predicted molar refractivity (Wildman–Crippen MR) is 189 cm³/mol. The lowest BCUT2D eigenvalue weighted by Gasteiger charge is -2.32. The molecular formula is C40H47F5N4O3. The second-order valence-corrected chi connectivity index (χ2v) is 13.8. The van der Waals surface area contributed by atoms with Gasteiger partial charge < -0.3 is 24.0 Å². The van der Waals surface area contributed by atoms with Crippen molar-refractivity contribution in [3.63, 3.8) is 0 Å². The standard InChI is InChI=1S/C20H22F4N2O2.C20H25FN2O/c1-13-5-8-25-18(11-13)19(27-14-6-9-26(2)10-7-14)16-12-15(3-4-17(16)21)28-20(22,23)24;1-14-4-5-17(18(21)12-14)20(19-13-15(2)6-9-22-19)24-16-7-10-23(3)11-8-16/h3-5,8,11-12,14,19H,6-7,9-10H2,1-2H3;4-6,9,12-13,16,20H,7-8,10-11H2,1-3H3. The lowest BCUT2D eigenvalue weighted by molar-refractivity contribution is -0.274. The quantitative estimate of drug-likeness (QED) is 0.160. The number of halogens is 5. The van der Waals surface area contributed by atoms with Gasteiger partial charge in [0, 0.05) is 49.7 Å². The SMILES string of the molecule is Cc1ccnc(C(OC2CCN(C)CC2)c2cc(OC(F)(F)F)ccc2F)c1.Cc1ccnc(C(OC2CCN(C)CC2)c2ccc(C)cc2F)c1. The number of nitrogens with zero attached hydrogens (tertiary/aromatic N) is 4. The molecule has 2 unspecified atom stereocenters. The molecule has 0 amide bonds. The summed E-state index contributed by atoms with van der Waals surface area (Å²) in [5.74, 6) is -1.39. The van der Waals surface area contributed by atoms with E-state index in [0.29, 0.717) is 11.3 Å². The van der Waals surface area contributed by atoms with Crippen molar-refractivity contribution in [2.24, 2.45) is 0 Å². The molecule has 4 heterocycles. The van der Waals surface area contributed by atoms with E-state index in [9.17, 15) is 22.0 Å². The van der Waals surface area contributed by atoms with E-state index in [1.54, 1.807) is 30.6 Å². The molecule has 2 aliphatic rings. The molecule has 4 aromatic rings. The van der Waals surface area contributed by atoms with Crippen molar-refractivity contribution in [1.29, 1.82) is 0 Å². The Labute approximate surface area is 302 Å². The van der Waals surface area contributed by atoms with Gasteiger partial charge in [0.15, 0.2) is 0 Å². The van der Waals surface area contributed by atoms with Crippen LogP contribution in [0.2, 0.25) is 0 Å². The number of piperidine rings is 2. The van der Waals surface area contributed by atoms with Gasteiger partial charge in [0.2, 0.25) is 0 Å². The third-order valence-electron chi connectivity index (χ3n) is 9.32. The molecule has 2 atom stereocenters. The maximum absolute atomic E-state index is 14.6. The van der Waals surface area contributed by atoms with Gasteiger partial charge in [0.05, 0.1) is 23.6 Å². The van der Waals surface area contributed by atoms with Crippen LogP contribution in [0.4, 0.5) is 22.0 Å². The zero-order chi connectivity index (χ0) is 37.4. The monoisotopic (exact) mass is 726 g/mol. The lowest BCUT2D eigenvalue weighted by Crippen LogP contribution is -2.35. The highest BCUT2D eigenvalue weighted by Crippen LogP contribution is 2.35. The first-order valence-corrected chi connectivity index (χ1v) is 17.6. The summed E-state index contributed by atoms with van der Waals surface area (Å²) in [5, 5.41) is 0. The molecule has 2 saturated heterocycles. The van der Waals surface area contributed by atoms with Gasteiger partial charge in [-0.2, -0.15) is 0 Å². The fourth-order valence-electron chi connectivity index (χ4n) is 6.40. The molecule has 52 heavy (non-hydrogen) atoms. The smallest absolute Gasteiger partial charge is 0.406 e. The third kappa shape index (κ3) is 11.3. The Kier molecular flexibility index (Phi) is 13.4. The molecule has 2 aromatic heterocycles. The summed E-state index contributed by atoms with van der Waals surface area (Å²) in [7, 11) is 4.13. The van der Waals surface area contributed by atoms with Crippen LogP contribution in [0.5, 0.6) is 5.75 Å². The van der Waals surface area contributed by atoms with Crippen LogP contribution in [-0.4, -0.2) is 78.6 Å². The largest absolute Gasteiger partial charge is 0.573 e. The second kappa shape index (κ2) is 17.7. The average Bonchev–Trinajstić information content (AvgIpc) is 3.09. The van der Waals surface area contributed by atoms with Gasteiger partial charge in [-0.25, -0.2) is 8.78 Å². The molecule has 12 heteroatoms. The molecule has 0 saturated carbocycles. The van der Waals surface area contributed by atoms with Gasteiger partial charge in [-0.15, -0.1) is 13.2 Å². The molecule has 280 valence electrons. The average molecular weight is 727 g/mol. The van der Waals surface area contributed by atoms with Crippen LogP contribution in [0, 0.1) is 32.4 Å². The minimum absolute atomic E-state index is 0.0289. The minimum atomic E-state index is -4.86. The highest BCUT2D eigenvalue weighted by molar-refractivity contribution is 5.36. The minimum Gasteiger partial charge on any atom is -0.406 e. The summed E-state index contributed by atoms with van der Waals surface area (Å²) in [6.45, 7) is 9.45. The number of rotatable bonds is 9. The van der Waals surface area contributed by atoms with E-state index in [4.69, 9.17) is 9.47 Å². The Hall–Kier alpha value is -3.97. The van der Waals surface area contributed by atoms with Gasteiger partial charge in [0.25, 0.3) is 0 Å². The number of likely N-dealkylation sites (tertiary alicyclic amines) is 2. The summed E-state index contributed by atoms with van der Waals surface area (Å²) < 4.78 is 83.5. The Bertz CT molecular complexity index is 1760. The Morgan fingerprint density at radius 2 is 1.10 bits per heavy atom. The second-order valence-electron chi connectivity index (χ2n) is 13.8. The van der Waals surface area contributed by atoms with Crippen LogP contribution in [0.15, 0.2) is 73.1 Å². The molecule has 0 N–H and O–H groups in total. The summed E-state index contributed by atoms with van der Waals surface area (Å²) in [6, 6.07) is 15.7. The van der Waals surface area contributed by atoms with Crippen LogP contribution in [-0.2, 0) is 9.47 Å². The fraction of sp³-hybridized carbons (Fsp3) is 0.450. The first-order valence-electron chi connectivity index (χ1n) is 17.6. The van der Waals surface area contributed by atoms with Crippen molar-refractivity contribution >= 4 is 0 Å². The number of hydrogen-bond donors (Lipinski definition) is 0. The normalized spacial score (nSPS) is 17.7. The van der Waals surface area contributed by atoms with E-state index < -0.39 is 30.1 Å². The number of ether oxygens (including phenoxy) is 3. The molecule has 2 aromatic carbocycles. The van der Waals surface area contributed by atoms with Crippen molar-refractivity contribution in [2.45, 2.75) is 77.2 Å². The topological polar surface area (TPSA) is 60.0 Å². The highest BCUT2D eigenvalue weighted by Gasteiger charge is 2.33. The van der Waals surface area contributed by atoms with Gasteiger partial charge in [-0.1, -0.05) is 12.1 Å². The van der Waals surface area contributed by atoms with Crippen molar-refractivity contribution in [1.82, 2.24) is 19.8 Å². The molecule has 2 aliphatic heterocycles.